The summed E-state index contributed by atoms with van der Waals surface area (Å²) in [4.78, 5) is 26.5. The standard InChI is InChI=1S/C25H29F2N5O4/c1-4-31-22-15(13-28-24-17(22)11-16(29-24)5-6-30-7-9-36-10-8-30)14-32(25(31)33)23-20(26)18(34-2)12-19(35-3)21(23)27/h11-13H,4-10,14H2,1-3H3,(H,28,29). The van der Waals surface area contributed by atoms with Crippen molar-refractivity contribution in [3.63, 3.8) is 0 Å². The fraction of sp³-hybridized carbons (Fsp3) is 0.440. The Morgan fingerprint density at radius 2 is 1.78 bits per heavy atom. The summed E-state index contributed by atoms with van der Waals surface area (Å²) < 4.78 is 46.0. The van der Waals surface area contributed by atoms with Gasteiger partial charge in [0.2, 0.25) is 0 Å². The van der Waals surface area contributed by atoms with Crippen LogP contribution in [0.4, 0.5) is 25.0 Å². The van der Waals surface area contributed by atoms with Crippen molar-refractivity contribution in [3.8, 4) is 11.5 Å². The molecule has 1 saturated heterocycles. The first-order valence-electron chi connectivity index (χ1n) is 11.9. The van der Waals surface area contributed by atoms with E-state index in [-0.39, 0.29) is 18.0 Å². The van der Waals surface area contributed by atoms with Crippen molar-refractivity contribution in [2.75, 3.05) is 63.4 Å². The van der Waals surface area contributed by atoms with E-state index in [1.165, 1.54) is 19.1 Å². The van der Waals surface area contributed by atoms with Gasteiger partial charge in [0, 0.05) is 61.5 Å². The topological polar surface area (TPSA) is 83.2 Å². The molecule has 2 aromatic heterocycles. The third kappa shape index (κ3) is 4.11. The minimum Gasteiger partial charge on any atom is -0.493 e. The van der Waals surface area contributed by atoms with Gasteiger partial charge in [0.15, 0.2) is 23.1 Å². The molecule has 2 aliphatic heterocycles. The largest absolute Gasteiger partial charge is 0.493 e. The van der Waals surface area contributed by atoms with E-state index in [9.17, 15) is 4.79 Å². The first kappa shape index (κ1) is 24.3. The zero-order valence-corrected chi connectivity index (χ0v) is 20.6. The number of anilines is 2. The SMILES string of the molecule is CCN1C(=O)N(c2c(F)c(OC)cc(OC)c2F)Cc2cnc3[nH]c(CCN4CCOCC4)cc3c21. The number of nitrogens with zero attached hydrogens (tertiary/aromatic N) is 4. The number of hydrogen-bond donors (Lipinski definition) is 1. The monoisotopic (exact) mass is 501 g/mol. The van der Waals surface area contributed by atoms with Crippen LogP contribution in [0.1, 0.15) is 18.2 Å². The maximum absolute atomic E-state index is 15.2. The van der Waals surface area contributed by atoms with Crippen LogP contribution in [-0.4, -0.2) is 74.5 Å². The molecule has 1 aromatic carbocycles. The number of halogens is 2. The quantitative estimate of drug-likeness (QED) is 0.532. The molecule has 4 heterocycles. The number of carbonyl (C=O) groups excluding carboxylic acids is 1. The van der Waals surface area contributed by atoms with Gasteiger partial charge in [-0.05, 0) is 13.0 Å². The minimum absolute atomic E-state index is 0.0495. The Morgan fingerprint density at radius 3 is 2.42 bits per heavy atom. The Morgan fingerprint density at radius 1 is 1.08 bits per heavy atom. The smallest absolute Gasteiger partial charge is 0.329 e. The van der Waals surface area contributed by atoms with E-state index in [1.54, 1.807) is 6.20 Å². The number of urea groups is 1. The van der Waals surface area contributed by atoms with Crippen molar-refractivity contribution in [2.24, 2.45) is 0 Å². The van der Waals surface area contributed by atoms with Gasteiger partial charge in [0.05, 0.1) is 39.7 Å². The zero-order valence-electron chi connectivity index (χ0n) is 20.6. The predicted octanol–water partition coefficient (Wildman–Crippen LogP) is 3.70. The second-order valence-corrected chi connectivity index (χ2v) is 8.76. The van der Waals surface area contributed by atoms with Crippen LogP contribution in [0.25, 0.3) is 11.0 Å². The van der Waals surface area contributed by atoms with Crippen LogP contribution >= 0.6 is 0 Å². The lowest BCUT2D eigenvalue weighted by molar-refractivity contribution is 0.0383. The van der Waals surface area contributed by atoms with Gasteiger partial charge in [-0.2, -0.15) is 0 Å². The van der Waals surface area contributed by atoms with Gasteiger partial charge < -0.3 is 19.2 Å². The Kier molecular flexibility index (Phi) is 6.67. The molecule has 0 unspecified atom stereocenters. The summed E-state index contributed by atoms with van der Waals surface area (Å²) >= 11 is 0. The molecule has 0 spiro atoms. The number of pyridine rings is 1. The maximum Gasteiger partial charge on any atom is 0.329 e. The summed E-state index contributed by atoms with van der Waals surface area (Å²) in [5.41, 5.74) is 2.56. The van der Waals surface area contributed by atoms with Gasteiger partial charge in [0.25, 0.3) is 0 Å². The Bertz CT molecular complexity index is 1260. The molecule has 0 aliphatic carbocycles. The third-order valence-corrected chi connectivity index (χ3v) is 6.76. The molecule has 0 saturated carbocycles. The number of aromatic amines is 1. The van der Waals surface area contributed by atoms with Crippen LogP contribution in [-0.2, 0) is 17.7 Å². The molecule has 9 nitrogen and oxygen atoms in total. The lowest BCUT2D eigenvalue weighted by Gasteiger charge is -2.37. The Hall–Kier alpha value is -3.44. The number of fused-ring (bicyclic) bond motifs is 3. The van der Waals surface area contributed by atoms with Crippen LogP contribution in [0.15, 0.2) is 18.3 Å². The van der Waals surface area contributed by atoms with E-state index < -0.39 is 23.4 Å². The van der Waals surface area contributed by atoms with Crippen molar-refractivity contribution < 1.29 is 27.8 Å². The van der Waals surface area contributed by atoms with E-state index in [4.69, 9.17) is 14.2 Å². The predicted molar refractivity (Wildman–Crippen MR) is 131 cm³/mol. The van der Waals surface area contributed by atoms with Gasteiger partial charge in [-0.3, -0.25) is 14.7 Å². The van der Waals surface area contributed by atoms with Crippen LogP contribution in [0.5, 0.6) is 11.5 Å². The highest BCUT2D eigenvalue weighted by Gasteiger charge is 2.37. The van der Waals surface area contributed by atoms with E-state index >= 15 is 8.78 Å². The number of H-pyrrole nitrogens is 1. The van der Waals surface area contributed by atoms with Crippen molar-refractivity contribution in [2.45, 2.75) is 19.9 Å². The molecular weight excluding hydrogens is 472 g/mol. The highest BCUT2D eigenvalue weighted by Crippen LogP contribution is 2.42. The molecule has 0 radical (unpaired) electrons. The van der Waals surface area contributed by atoms with Crippen LogP contribution < -0.4 is 19.3 Å². The summed E-state index contributed by atoms with van der Waals surface area (Å²) in [6.45, 7) is 6.26. The number of amides is 2. The molecule has 5 rings (SSSR count). The molecular formula is C25H29F2N5O4. The van der Waals surface area contributed by atoms with Gasteiger partial charge in [-0.1, -0.05) is 0 Å². The summed E-state index contributed by atoms with van der Waals surface area (Å²) in [5, 5.41) is 0.809. The second kappa shape index (κ2) is 9.90. The molecule has 1 fully saturated rings. The van der Waals surface area contributed by atoms with Crippen molar-refractivity contribution in [1.82, 2.24) is 14.9 Å². The number of hydrogen-bond acceptors (Lipinski definition) is 6. The average Bonchev–Trinajstić information content (AvgIpc) is 3.32. The van der Waals surface area contributed by atoms with Crippen molar-refractivity contribution in [3.05, 3.63) is 41.2 Å². The molecule has 11 heteroatoms. The summed E-state index contributed by atoms with van der Waals surface area (Å²) in [6, 6.07) is 2.60. The summed E-state index contributed by atoms with van der Waals surface area (Å²) in [6.07, 6.45) is 2.45. The molecule has 192 valence electrons. The molecule has 36 heavy (non-hydrogen) atoms. The molecule has 0 bridgehead atoms. The number of aromatic nitrogens is 2. The third-order valence-electron chi connectivity index (χ3n) is 6.76. The second-order valence-electron chi connectivity index (χ2n) is 8.76. The number of carbonyl (C=O) groups is 1. The maximum atomic E-state index is 15.2. The number of ether oxygens (including phenoxy) is 3. The van der Waals surface area contributed by atoms with Gasteiger partial charge in [-0.25, -0.2) is 18.6 Å². The summed E-state index contributed by atoms with van der Waals surface area (Å²) in [7, 11) is 2.54. The first-order valence-corrected chi connectivity index (χ1v) is 11.9. The average molecular weight is 502 g/mol. The number of nitrogens with one attached hydrogen (secondary N) is 1. The van der Waals surface area contributed by atoms with Crippen LogP contribution in [0.3, 0.4) is 0 Å². The molecule has 3 aromatic rings. The number of benzene rings is 1. The van der Waals surface area contributed by atoms with Crippen molar-refractivity contribution in [1.29, 1.82) is 0 Å². The lowest BCUT2D eigenvalue weighted by Crippen LogP contribution is -2.48. The fourth-order valence-corrected chi connectivity index (χ4v) is 4.89. The first-order chi connectivity index (χ1) is 17.5. The van der Waals surface area contributed by atoms with Gasteiger partial charge >= 0.3 is 6.03 Å². The minimum atomic E-state index is -0.968. The van der Waals surface area contributed by atoms with E-state index in [1.807, 2.05) is 13.0 Å². The number of morpholine rings is 1. The molecule has 2 amide bonds. The van der Waals surface area contributed by atoms with Crippen molar-refractivity contribution >= 4 is 28.4 Å². The number of methoxy groups -OCH3 is 2. The van der Waals surface area contributed by atoms with Gasteiger partial charge in [-0.15, -0.1) is 0 Å². The normalized spacial score (nSPS) is 16.5. The molecule has 0 atom stereocenters. The van der Waals surface area contributed by atoms with Crippen LogP contribution in [0, 0.1) is 11.6 Å². The van der Waals surface area contributed by atoms with Crippen LogP contribution in [0.2, 0.25) is 0 Å². The number of rotatable bonds is 7. The van der Waals surface area contributed by atoms with E-state index in [2.05, 4.69) is 14.9 Å². The summed E-state index contributed by atoms with van der Waals surface area (Å²) in [5.74, 6) is -2.36. The van der Waals surface area contributed by atoms with Gasteiger partial charge in [0.1, 0.15) is 11.3 Å². The molecule has 2 aliphatic rings. The Labute approximate surface area is 207 Å². The van der Waals surface area contributed by atoms with E-state index in [0.717, 1.165) is 61.3 Å². The highest BCUT2D eigenvalue weighted by molar-refractivity contribution is 6.11. The van der Waals surface area contributed by atoms with E-state index in [0.29, 0.717) is 23.4 Å². The Balaban J connectivity index is 1.52. The molecule has 1 N–H and O–H groups in total. The lowest BCUT2D eigenvalue weighted by atomic mass is 10.1. The highest BCUT2D eigenvalue weighted by atomic mass is 19.1. The fourth-order valence-electron chi connectivity index (χ4n) is 4.89. The zero-order chi connectivity index (χ0) is 25.4.